The van der Waals surface area contributed by atoms with Gasteiger partial charge in [-0.05, 0) is 34.1 Å². The first-order valence-corrected chi connectivity index (χ1v) is 7.19. The first-order valence-electron chi connectivity index (χ1n) is 6.40. The maximum absolute atomic E-state index is 12.4. The summed E-state index contributed by atoms with van der Waals surface area (Å²) in [7, 11) is 0. The van der Waals surface area contributed by atoms with Crippen molar-refractivity contribution in [2.24, 2.45) is 0 Å². The van der Waals surface area contributed by atoms with Crippen molar-refractivity contribution < 1.29 is 18.3 Å². The van der Waals surface area contributed by atoms with Gasteiger partial charge in [0.05, 0.1) is 10.2 Å². The number of aromatic nitrogens is 3. The molecular formula is C14H9BrF2N4O2. The Morgan fingerprint density at radius 1 is 1.30 bits per heavy atom. The average molecular weight is 383 g/mol. The van der Waals surface area contributed by atoms with Crippen LogP contribution >= 0.6 is 15.9 Å². The summed E-state index contributed by atoms with van der Waals surface area (Å²) < 4.78 is 31.0. The summed E-state index contributed by atoms with van der Waals surface area (Å²) >= 11 is 3.27. The minimum Gasteiger partial charge on any atom is -0.433 e. The fourth-order valence-electron chi connectivity index (χ4n) is 1.95. The molecule has 0 spiro atoms. The SMILES string of the molecule is O=C(Nc1ccccc1OC(F)F)c1nn2cccnc2c1Br. The van der Waals surface area contributed by atoms with Gasteiger partial charge in [-0.25, -0.2) is 9.50 Å². The molecule has 9 heteroatoms. The number of nitrogens with one attached hydrogen (secondary N) is 1. The summed E-state index contributed by atoms with van der Waals surface area (Å²) in [6, 6.07) is 7.58. The lowest BCUT2D eigenvalue weighted by Crippen LogP contribution is -2.15. The van der Waals surface area contributed by atoms with Gasteiger partial charge in [0.2, 0.25) is 0 Å². The van der Waals surface area contributed by atoms with Crippen LogP contribution in [0.3, 0.4) is 0 Å². The average Bonchev–Trinajstić information content (AvgIpc) is 2.86. The van der Waals surface area contributed by atoms with E-state index in [0.29, 0.717) is 10.1 Å². The van der Waals surface area contributed by atoms with Gasteiger partial charge in [0, 0.05) is 12.4 Å². The first-order chi connectivity index (χ1) is 11.1. The van der Waals surface area contributed by atoms with Crippen molar-refractivity contribution in [1.82, 2.24) is 14.6 Å². The Bertz CT molecular complexity index is 869. The summed E-state index contributed by atoms with van der Waals surface area (Å²) in [5.74, 6) is -0.707. The van der Waals surface area contributed by atoms with Gasteiger partial charge in [-0.1, -0.05) is 12.1 Å². The standard InChI is InChI=1S/C14H9BrF2N4O2/c15-10-11(20-21-7-3-6-18-12(10)21)13(22)19-8-4-1-2-5-9(8)23-14(16)17/h1-7,14H,(H,19,22). The number of ether oxygens (including phenoxy) is 1. The van der Waals surface area contributed by atoms with E-state index in [1.165, 1.54) is 22.7 Å². The van der Waals surface area contributed by atoms with E-state index in [9.17, 15) is 13.6 Å². The number of anilines is 1. The fraction of sp³-hybridized carbons (Fsp3) is 0.0714. The van der Waals surface area contributed by atoms with E-state index in [1.807, 2.05) is 0 Å². The smallest absolute Gasteiger partial charge is 0.387 e. The monoisotopic (exact) mass is 382 g/mol. The number of carbonyl (C=O) groups excluding carboxylic acids is 1. The Hall–Kier alpha value is -2.55. The molecule has 0 bridgehead atoms. The molecular weight excluding hydrogens is 374 g/mol. The number of alkyl halides is 2. The molecule has 0 saturated heterocycles. The number of benzene rings is 1. The summed E-state index contributed by atoms with van der Waals surface area (Å²) in [6.07, 6.45) is 3.20. The maximum atomic E-state index is 12.4. The molecule has 1 aromatic carbocycles. The number of hydrogen-bond donors (Lipinski definition) is 1. The van der Waals surface area contributed by atoms with Crippen LogP contribution in [-0.4, -0.2) is 27.1 Å². The van der Waals surface area contributed by atoms with Gasteiger partial charge in [-0.2, -0.15) is 13.9 Å². The lowest BCUT2D eigenvalue weighted by atomic mass is 10.3. The zero-order valence-electron chi connectivity index (χ0n) is 11.4. The highest BCUT2D eigenvalue weighted by molar-refractivity contribution is 9.10. The number of amides is 1. The molecule has 2 heterocycles. The van der Waals surface area contributed by atoms with Crippen molar-refractivity contribution in [3.05, 3.63) is 52.9 Å². The minimum atomic E-state index is -2.99. The van der Waals surface area contributed by atoms with E-state index < -0.39 is 12.5 Å². The molecule has 0 saturated carbocycles. The van der Waals surface area contributed by atoms with E-state index in [0.717, 1.165) is 0 Å². The molecule has 0 radical (unpaired) electrons. The molecule has 0 unspecified atom stereocenters. The predicted molar refractivity (Wildman–Crippen MR) is 81.7 cm³/mol. The lowest BCUT2D eigenvalue weighted by Gasteiger charge is -2.10. The van der Waals surface area contributed by atoms with Gasteiger partial charge in [0.15, 0.2) is 11.3 Å². The van der Waals surface area contributed by atoms with Crippen LogP contribution in [0.15, 0.2) is 47.2 Å². The molecule has 0 aliphatic heterocycles. The van der Waals surface area contributed by atoms with Crippen LogP contribution in [0.1, 0.15) is 10.5 Å². The molecule has 3 rings (SSSR count). The molecule has 0 atom stereocenters. The van der Waals surface area contributed by atoms with E-state index in [2.05, 4.69) is 36.1 Å². The van der Waals surface area contributed by atoms with Crippen molar-refractivity contribution in [3.8, 4) is 5.75 Å². The zero-order chi connectivity index (χ0) is 16.4. The predicted octanol–water partition coefficient (Wildman–Crippen LogP) is 3.35. The number of carbonyl (C=O) groups is 1. The number of fused-ring (bicyclic) bond motifs is 1. The van der Waals surface area contributed by atoms with Crippen molar-refractivity contribution in [2.75, 3.05) is 5.32 Å². The van der Waals surface area contributed by atoms with Gasteiger partial charge in [0.25, 0.3) is 5.91 Å². The van der Waals surface area contributed by atoms with Gasteiger partial charge >= 0.3 is 6.61 Å². The second kappa shape index (κ2) is 6.29. The Balaban J connectivity index is 1.91. The Morgan fingerprint density at radius 2 is 2.09 bits per heavy atom. The summed E-state index contributed by atoms with van der Waals surface area (Å²) in [4.78, 5) is 16.5. The highest BCUT2D eigenvalue weighted by Gasteiger charge is 2.20. The lowest BCUT2D eigenvalue weighted by molar-refractivity contribution is -0.0493. The zero-order valence-corrected chi connectivity index (χ0v) is 13.0. The summed E-state index contributed by atoms with van der Waals surface area (Å²) in [6.45, 7) is -2.99. The van der Waals surface area contributed by atoms with Crippen LogP contribution in [0.5, 0.6) is 5.75 Å². The normalized spacial score (nSPS) is 11.0. The topological polar surface area (TPSA) is 68.5 Å². The fourth-order valence-corrected chi connectivity index (χ4v) is 2.50. The van der Waals surface area contributed by atoms with E-state index >= 15 is 0 Å². The van der Waals surface area contributed by atoms with Gasteiger partial charge in [0.1, 0.15) is 5.75 Å². The number of hydrogen-bond acceptors (Lipinski definition) is 4. The minimum absolute atomic E-state index is 0.0792. The van der Waals surface area contributed by atoms with Crippen LogP contribution in [0.2, 0.25) is 0 Å². The third kappa shape index (κ3) is 3.14. The molecule has 1 amide bonds. The molecule has 2 aromatic heterocycles. The van der Waals surface area contributed by atoms with Gasteiger partial charge in [-0.3, -0.25) is 4.79 Å². The largest absolute Gasteiger partial charge is 0.433 e. The van der Waals surface area contributed by atoms with Crippen LogP contribution in [-0.2, 0) is 0 Å². The molecule has 1 N–H and O–H groups in total. The summed E-state index contributed by atoms with van der Waals surface area (Å²) in [5, 5.41) is 6.61. The van der Waals surface area contributed by atoms with E-state index in [4.69, 9.17) is 0 Å². The number of halogens is 3. The van der Waals surface area contributed by atoms with Crippen molar-refractivity contribution in [1.29, 1.82) is 0 Å². The second-order valence-corrected chi connectivity index (χ2v) is 5.17. The molecule has 0 aliphatic rings. The molecule has 0 fully saturated rings. The van der Waals surface area contributed by atoms with Gasteiger partial charge < -0.3 is 10.1 Å². The third-order valence-corrected chi connectivity index (χ3v) is 3.64. The molecule has 3 aromatic rings. The number of nitrogens with zero attached hydrogens (tertiary/aromatic N) is 3. The van der Waals surface area contributed by atoms with Gasteiger partial charge in [-0.15, -0.1) is 0 Å². The molecule has 118 valence electrons. The third-order valence-electron chi connectivity index (χ3n) is 2.91. The van der Waals surface area contributed by atoms with Crippen molar-refractivity contribution >= 4 is 33.2 Å². The van der Waals surface area contributed by atoms with Crippen LogP contribution < -0.4 is 10.1 Å². The highest BCUT2D eigenvalue weighted by atomic mass is 79.9. The van der Waals surface area contributed by atoms with E-state index in [-0.39, 0.29) is 17.1 Å². The van der Waals surface area contributed by atoms with Crippen LogP contribution in [0.25, 0.3) is 5.65 Å². The first kappa shape index (κ1) is 15.3. The maximum Gasteiger partial charge on any atom is 0.387 e. The Morgan fingerprint density at radius 3 is 2.83 bits per heavy atom. The number of para-hydroxylation sites is 2. The quantitative estimate of drug-likeness (QED) is 0.751. The molecule has 0 aliphatic carbocycles. The van der Waals surface area contributed by atoms with Crippen LogP contribution in [0, 0.1) is 0 Å². The molecule has 23 heavy (non-hydrogen) atoms. The Labute approximate surface area is 137 Å². The Kier molecular flexibility index (Phi) is 4.20. The second-order valence-electron chi connectivity index (χ2n) is 4.38. The van der Waals surface area contributed by atoms with Crippen molar-refractivity contribution in [2.45, 2.75) is 6.61 Å². The van der Waals surface area contributed by atoms with E-state index in [1.54, 1.807) is 24.5 Å². The van der Waals surface area contributed by atoms with Crippen molar-refractivity contribution in [3.63, 3.8) is 0 Å². The molecule has 6 nitrogen and oxygen atoms in total. The van der Waals surface area contributed by atoms with Crippen LogP contribution in [0.4, 0.5) is 14.5 Å². The highest BCUT2D eigenvalue weighted by Crippen LogP contribution is 2.27. The number of rotatable bonds is 4. The summed E-state index contributed by atoms with van der Waals surface area (Å²) in [5.41, 5.74) is 0.667.